The highest BCUT2D eigenvalue weighted by atomic mass is 32.1. The van der Waals surface area contributed by atoms with Gasteiger partial charge in [-0.05, 0) is 54.8 Å². The highest BCUT2D eigenvalue weighted by Crippen LogP contribution is 2.25. The molecule has 4 rings (SSSR count). The summed E-state index contributed by atoms with van der Waals surface area (Å²) < 4.78 is 1.85. The largest absolute Gasteiger partial charge is 0.378 e. The Balaban J connectivity index is 1.65. The Kier molecular flexibility index (Phi) is 4.20. The molecular formula is C20H21N5S. The molecule has 6 heteroatoms. The van der Waals surface area contributed by atoms with Crippen LogP contribution in [0.1, 0.15) is 21.7 Å². The number of hydrogen-bond donors (Lipinski definition) is 0. The molecule has 2 aromatic carbocycles. The van der Waals surface area contributed by atoms with Gasteiger partial charge in [-0.2, -0.15) is 9.61 Å². The standard InChI is InChI=1S/C20H21N5S/c1-13-5-6-15(11-14(13)2)12-18-23-25-19(21-22-20(25)26-18)16-7-9-17(10-8-16)24(3)4/h5-11H,12H2,1-4H3. The number of aromatic nitrogens is 4. The molecular weight excluding hydrogens is 342 g/mol. The van der Waals surface area contributed by atoms with E-state index in [4.69, 9.17) is 5.10 Å². The van der Waals surface area contributed by atoms with E-state index in [-0.39, 0.29) is 0 Å². The summed E-state index contributed by atoms with van der Waals surface area (Å²) in [7, 11) is 4.06. The molecule has 0 atom stereocenters. The molecule has 26 heavy (non-hydrogen) atoms. The summed E-state index contributed by atoms with van der Waals surface area (Å²) in [5.41, 5.74) is 6.08. The fourth-order valence-corrected chi connectivity index (χ4v) is 3.77. The third kappa shape index (κ3) is 3.08. The van der Waals surface area contributed by atoms with E-state index in [2.05, 4.69) is 71.4 Å². The summed E-state index contributed by atoms with van der Waals surface area (Å²) in [6.45, 7) is 4.28. The number of aryl methyl sites for hydroxylation is 2. The van der Waals surface area contributed by atoms with Crippen molar-refractivity contribution in [1.29, 1.82) is 0 Å². The molecule has 0 fully saturated rings. The van der Waals surface area contributed by atoms with Gasteiger partial charge in [0.15, 0.2) is 5.82 Å². The van der Waals surface area contributed by atoms with Gasteiger partial charge in [0.2, 0.25) is 4.96 Å². The lowest BCUT2D eigenvalue weighted by Gasteiger charge is -2.11. The molecule has 0 aliphatic heterocycles. The van der Waals surface area contributed by atoms with Crippen LogP contribution < -0.4 is 4.90 Å². The molecule has 4 aromatic rings. The minimum absolute atomic E-state index is 0.785. The number of anilines is 1. The van der Waals surface area contributed by atoms with Gasteiger partial charge in [0, 0.05) is 31.8 Å². The second-order valence-electron chi connectivity index (χ2n) is 6.75. The monoisotopic (exact) mass is 363 g/mol. The Hall–Kier alpha value is -2.73. The molecule has 132 valence electrons. The lowest BCUT2D eigenvalue weighted by atomic mass is 10.0. The first-order valence-electron chi connectivity index (χ1n) is 8.56. The van der Waals surface area contributed by atoms with Gasteiger partial charge in [-0.15, -0.1) is 10.2 Å². The predicted molar refractivity (Wildman–Crippen MR) is 107 cm³/mol. The van der Waals surface area contributed by atoms with Gasteiger partial charge in [0.05, 0.1) is 0 Å². The SMILES string of the molecule is Cc1ccc(Cc2nn3c(-c4ccc(N(C)C)cc4)nnc3s2)cc1C. The lowest BCUT2D eigenvalue weighted by molar-refractivity contribution is 0.917. The van der Waals surface area contributed by atoms with Crippen molar-refractivity contribution in [2.45, 2.75) is 20.3 Å². The van der Waals surface area contributed by atoms with Gasteiger partial charge >= 0.3 is 0 Å². The average Bonchev–Trinajstić information content (AvgIpc) is 3.18. The van der Waals surface area contributed by atoms with Crippen LogP contribution in [0.4, 0.5) is 5.69 Å². The van der Waals surface area contributed by atoms with E-state index in [9.17, 15) is 0 Å². The molecule has 5 nitrogen and oxygen atoms in total. The number of fused-ring (bicyclic) bond motifs is 1. The van der Waals surface area contributed by atoms with Crippen molar-refractivity contribution in [2.24, 2.45) is 0 Å². The Bertz CT molecular complexity index is 1060. The van der Waals surface area contributed by atoms with Crippen molar-refractivity contribution in [3.8, 4) is 11.4 Å². The number of nitrogens with zero attached hydrogens (tertiary/aromatic N) is 5. The van der Waals surface area contributed by atoms with E-state index >= 15 is 0 Å². The molecule has 0 saturated heterocycles. The Labute approximate surface area is 156 Å². The van der Waals surface area contributed by atoms with Crippen molar-refractivity contribution in [1.82, 2.24) is 19.8 Å². The minimum atomic E-state index is 0.785. The maximum absolute atomic E-state index is 4.75. The van der Waals surface area contributed by atoms with Crippen LogP contribution >= 0.6 is 11.3 Å². The maximum atomic E-state index is 4.75. The van der Waals surface area contributed by atoms with Gasteiger partial charge in [-0.1, -0.05) is 29.5 Å². The molecule has 0 aliphatic carbocycles. The molecule has 0 amide bonds. The zero-order chi connectivity index (χ0) is 18.3. The van der Waals surface area contributed by atoms with Crippen molar-refractivity contribution in [3.05, 3.63) is 64.2 Å². The van der Waals surface area contributed by atoms with Gasteiger partial charge in [-0.25, -0.2) is 0 Å². The van der Waals surface area contributed by atoms with Crippen molar-refractivity contribution < 1.29 is 0 Å². The highest BCUT2D eigenvalue weighted by Gasteiger charge is 2.14. The molecule has 2 aromatic heterocycles. The van der Waals surface area contributed by atoms with Crippen LogP contribution in [-0.2, 0) is 6.42 Å². The third-order valence-corrected chi connectivity index (χ3v) is 5.50. The van der Waals surface area contributed by atoms with E-state index in [1.165, 1.54) is 16.7 Å². The second-order valence-corrected chi connectivity index (χ2v) is 7.79. The smallest absolute Gasteiger partial charge is 0.234 e. The lowest BCUT2D eigenvalue weighted by Crippen LogP contribution is -2.08. The van der Waals surface area contributed by atoms with Crippen LogP contribution in [0.2, 0.25) is 0 Å². The molecule has 0 radical (unpaired) electrons. The molecule has 0 saturated carbocycles. The van der Waals surface area contributed by atoms with Crippen LogP contribution in [0, 0.1) is 13.8 Å². The number of hydrogen-bond acceptors (Lipinski definition) is 5. The van der Waals surface area contributed by atoms with Gasteiger partial charge < -0.3 is 4.90 Å². The highest BCUT2D eigenvalue weighted by molar-refractivity contribution is 7.16. The van der Waals surface area contributed by atoms with Crippen LogP contribution in [0.25, 0.3) is 16.3 Å². The summed E-state index contributed by atoms with van der Waals surface area (Å²) >= 11 is 1.60. The molecule has 2 heterocycles. The van der Waals surface area contributed by atoms with Crippen LogP contribution in [0.15, 0.2) is 42.5 Å². The zero-order valence-corrected chi connectivity index (χ0v) is 16.2. The van der Waals surface area contributed by atoms with E-state index < -0.39 is 0 Å². The van der Waals surface area contributed by atoms with E-state index in [0.717, 1.165) is 33.5 Å². The minimum Gasteiger partial charge on any atom is -0.378 e. The van der Waals surface area contributed by atoms with E-state index in [1.54, 1.807) is 11.3 Å². The third-order valence-electron chi connectivity index (χ3n) is 4.60. The summed E-state index contributed by atoms with van der Waals surface area (Å²) in [6, 6.07) is 14.9. The molecule has 0 aliphatic rings. The van der Waals surface area contributed by atoms with Crippen LogP contribution in [0.5, 0.6) is 0 Å². The first-order valence-corrected chi connectivity index (χ1v) is 9.38. The quantitative estimate of drug-likeness (QED) is 0.547. The van der Waals surface area contributed by atoms with Crippen molar-refractivity contribution in [2.75, 3.05) is 19.0 Å². The summed E-state index contributed by atoms with van der Waals surface area (Å²) in [4.78, 5) is 2.91. The fourth-order valence-electron chi connectivity index (χ4n) is 2.90. The normalized spacial score (nSPS) is 11.2. The van der Waals surface area contributed by atoms with Crippen LogP contribution in [0.3, 0.4) is 0 Å². The van der Waals surface area contributed by atoms with Crippen molar-refractivity contribution in [3.63, 3.8) is 0 Å². The molecule has 0 N–H and O–H groups in total. The second kappa shape index (κ2) is 6.53. The first kappa shape index (κ1) is 16.7. The Morgan fingerprint density at radius 1 is 0.962 bits per heavy atom. The Morgan fingerprint density at radius 2 is 1.73 bits per heavy atom. The van der Waals surface area contributed by atoms with Gasteiger partial charge in [-0.3, -0.25) is 0 Å². The number of rotatable bonds is 4. The molecule has 0 unspecified atom stereocenters. The molecule has 0 spiro atoms. The van der Waals surface area contributed by atoms with Crippen molar-refractivity contribution >= 4 is 22.0 Å². The average molecular weight is 363 g/mol. The summed E-state index contributed by atoms with van der Waals surface area (Å²) in [5, 5.41) is 14.4. The summed E-state index contributed by atoms with van der Waals surface area (Å²) in [5.74, 6) is 0.785. The first-order chi connectivity index (χ1) is 12.5. The zero-order valence-electron chi connectivity index (χ0n) is 15.4. The Morgan fingerprint density at radius 3 is 2.42 bits per heavy atom. The fraction of sp³-hybridized carbons (Fsp3) is 0.250. The van der Waals surface area contributed by atoms with Crippen LogP contribution in [-0.4, -0.2) is 33.9 Å². The van der Waals surface area contributed by atoms with Gasteiger partial charge in [0.25, 0.3) is 0 Å². The topological polar surface area (TPSA) is 46.3 Å². The predicted octanol–water partition coefficient (Wildman–Crippen LogP) is 4.13. The molecule has 0 bridgehead atoms. The van der Waals surface area contributed by atoms with E-state index in [1.807, 2.05) is 18.6 Å². The summed E-state index contributed by atoms with van der Waals surface area (Å²) in [6.07, 6.45) is 0.814. The maximum Gasteiger partial charge on any atom is 0.234 e. The van der Waals surface area contributed by atoms with E-state index in [0.29, 0.717) is 0 Å². The number of benzene rings is 2. The van der Waals surface area contributed by atoms with Gasteiger partial charge in [0.1, 0.15) is 5.01 Å².